The Morgan fingerprint density at radius 2 is 1.51 bits per heavy atom. The number of carbonyl (C=O) groups excluding carboxylic acids is 4. The number of nitrogens with zero attached hydrogens (tertiary/aromatic N) is 7. The van der Waals surface area contributed by atoms with Gasteiger partial charge in [-0.1, -0.05) is 81.8 Å². The average Bonchev–Trinajstić information content (AvgIpc) is 4.28. The Hall–Kier alpha value is -7.83. The number of ether oxygens (including phenoxy) is 2. The highest BCUT2D eigenvalue weighted by atomic mass is 16.5. The van der Waals surface area contributed by atoms with Crippen molar-refractivity contribution in [2.75, 3.05) is 84.9 Å². The molecule has 0 spiro atoms. The minimum Gasteiger partial charge on any atom is -0.484 e. The third kappa shape index (κ3) is 13.0. The molecule has 3 N–H and O–H groups in total. The van der Waals surface area contributed by atoms with Gasteiger partial charge in [-0.3, -0.25) is 38.0 Å². The number of amides is 4. The molecule has 0 unspecified atom stereocenters. The number of aryl methyl sites for hydroxylation is 1. The summed E-state index contributed by atoms with van der Waals surface area (Å²) in [5.74, 6) is -0.384. The number of carbonyl (C=O) groups is 4. The molecular weight excluding hydrogens is 1000 g/mol. The van der Waals surface area contributed by atoms with Crippen LogP contribution in [0.15, 0.2) is 125 Å². The Bertz CT molecular complexity index is 3300. The lowest BCUT2D eigenvalue weighted by atomic mass is 9.81. The molecule has 2 aromatic heterocycles. The van der Waals surface area contributed by atoms with E-state index in [2.05, 4.69) is 139 Å². The molecule has 3 aliphatic heterocycles. The predicted octanol–water partition coefficient (Wildman–Crippen LogP) is 6.31. The standard InChI is InChI=1S/C61H76N10O8/c1-9-31-71-58(76)57-50(67(8)59(71)77)37-47(64-57)43-27-29-44(30-28-43)79-40-56(75)69-35-33-68(34-36-69)39-54(73)63-42-78-41-62-53(72)38-65(6)55(74)26-14-11-19-32-70-49-23-18-16-21-46(49)61(4,5)52(70)25-13-10-12-24-51-60(2,3)45-20-15-17-22-48(45)66(51)7/h10,12-13,15-18,20-25,27-30,37H,9,11,14,19,26,31-36,38-42H2,1-8H3,(H2-,62,63,64,72,73,76)/p+1. The zero-order valence-electron chi connectivity index (χ0n) is 47.1. The second-order valence-corrected chi connectivity index (χ2v) is 21.6. The van der Waals surface area contributed by atoms with E-state index >= 15 is 0 Å². The van der Waals surface area contributed by atoms with E-state index in [4.69, 9.17) is 9.47 Å². The van der Waals surface area contributed by atoms with Crippen LogP contribution in [0.1, 0.15) is 77.8 Å². The summed E-state index contributed by atoms with van der Waals surface area (Å²) in [7, 11) is 5.40. The fourth-order valence-corrected chi connectivity index (χ4v) is 11.0. The number of H-pyrrole nitrogens is 1. The summed E-state index contributed by atoms with van der Waals surface area (Å²) in [4.78, 5) is 87.7. The van der Waals surface area contributed by atoms with Gasteiger partial charge in [-0.25, -0.2) is 4.79 Å². The van der Waals surface area contributed by atoms with E-state index in [0.29, 0.717) is 74.5 Å². The van der Waals surface area contributed by atoms with Crippen molar-refractivity contribution in [1.29, 1.82) is 0 Å². The van der Waals surface area contributed by atoms with Crippen LogP contribution in [0.2, 0.25) is 0 Å². The number of benzene rings is 3. The lowest BCUT2D eigenvalue weighted by molar-refractivity contribution is -0.401. The Balaban J connectivity index is 0.678. The summed E-state index contributed by atoms with van der Waals surface area (Å²) >= 11 is 0. The van der Waals surface area contributed by atoms with Crippen LogP contribution in [0.5, 0.6) is 5.75 Å². The highest BCUT2D eigenvalue weighted by Crippen LogP contribution is 2.47. The summed E-state index contributed by atoms with van der Waals surface area (Å²) in [5, 5.41) is 5.34. The van der Waals surface area contributed by atoms with Gasteiger partial charge in [-0.05, 0) is 86.7 Å². The normalized spacial score (nSPS) is 16.3. The first-order valence-corrected chi connectivity index (χ1v) is 27.4. The average molecular weight is 1080 g/mol. The lowest BCUT2D eigenvalue weighted by Crippen LogP contribution is -2.52. The van der Waals surface area contributed by atoms with Gasteiger partial charge in [-0.2, -0.15) is 4.58 Å². The van der Waals surface area contributed by atoms with Crippen LogP contribution in [-0.2, 0) is 48.3 Å². The highest BCUT2D eigenvalue weighted by Gasteiger charge is 2.43. The summed E-state index contributed by atoms with van der Waals surface area (Å²) < 4.78 is 16.2. The van der Waals surface area contributed by atoms with Crippen molar-refractivity contribution in [2.24, 2.45) is 7.05 Å². The van der Waals surface area contributed by atoms with Gasteiger partial charge in [0.05, 0.1) is 24.0 Å². The number of likely N-dealkylation sites (N-methyl/N-ethyl adjacent to an activating group) is 1. The molecule has 18 heteroatoms. The monoisotopic (exact) mass is 1080 g/mol. The zero-order chi connectivity index (χ0) is 56.4. The molecule has 18 nitrogen and oxygen atoms in total. The molecule has 0 saturated carbocycles. The van der Waals surface area contributed by atoms with E-state index in [-0.39, 0.29) is 78.9 Å². The molecule has 0 atom stereocenters. The third-order valence-corrected chi connectivity index (χ3v) is 15.5. The van der Waals surface area contributed by atoms with E-state index in [0.717, 1.165) is 24.9 Å². The largest absolute Gasteiger partial charge is 0.484 e. The van der Waals surface area contributed by atoms with Crippen LogP contribution in [0, 0.1) is 0 Å². The summed E-state index contributed by atoms with van der Waals surface area (Å²) in [5.41, 5.74) is 8.98. The molecule has 8 rings (SSSR count). The van der Waals surface area contributed by atoms with Crippen LogP contribution >= 0.6 is 0 Å². The number of para-hydroxylation sites is 2. The maximum absolute atomic E-state index is 13.0. The van der Waals surface area contributed by atoms with Gasteiger partial charge in [-0.15, -0.1) is 0 Å². The van der Waals surface area contributed by atoms with E-state index < -0.39 is 0 Å². The lowest BCUT2D eigenvalue weighted by Gasteiger charge is -2.34. The number of hydrogen-bond donors (Lipinski definition) is 3. The molecule has 5 aromatic rings. The molecular formula is C61H77N10O8+. The first-order valence-electron chi connectivity index (χ1n) is 27.4. The molecule has 3 aliphatic rings. The van der Waals surface area contributed by atoms with Crippen molar-refractivity contribution in [1.82, 2.24) is 39.5 Å². The van der Waals surface area contributed by atoms with Gasteiger partial charge in [0.2, 0.25) is 23.4 Å². The quantitative estimate of drug-likeness (QED) is 0.0290. The first-order chi connectivity index (χ1) is 37.9. The van der Waals surface area contributed by atoms with Crippen LogP contribution in [0.4, 0.5) is 11.4 Å². The molecule has 4 amide bonds. The molecule has 0 radical (unpaired) electrons. The van der Waals surface area contributed by atoms with Crippen molar-refractivity contribution in [3.8, 4) is 17.0 Å². The van der Waals surface area contributed by atoms with Crippen LogP contribution in [-0.4, -0.2) is 143 Å². The molecule has 0 aliphatic carbocycles. The maximum atomic E-state index is 13.0. The number of fused-ring (bicyclic) bond motifs is 3. The minimum absolute atomic E-state index is 0.0815. The van der Waals surface area contributed by atoms with Gasteiger partial charge in [0.1, 0.15) is 31.8 Å². The number of piperazine rings is 1. The minimum atomic E-state index is -0.367. The van der Waals surface area contributed by atoms with Gasteiger partial charge < -0.3 is 39.8 Å². The number of anilines is 1. The predicted molar refractivity (Wildman–Crippen MR) is 309 cm³/mol. The van der Waals surface area contributed by atoms with E-state index in [9.17, 15) is 28.8 Å². The first kappa shape index (κ1) is 57.3. The molecule has 79 heavy (non-hydrogen) atoms. The third-order valence-electron chi connectivity index (χ3n) is 15.5. The molecule has 3 aromatic carbocycles. The Morgan fingerprint density at radius 3 is 2.23 bits per heavy atom. The number of aromatic amines is 1. The van der Waals surface area contributed by atoms with Crippen molar-refractivity contribution >= 4 is 51.7 Å². The van der Waals surface area contributed by atoms with Crippen LogP contribution in [0.3, 0.4) is 0 Å². The summed E-state index contributed by atoms with van der Waals surface area (Å²) in [6, 6.07) is 26.1. The second kappa shape index (κ2) is 25.3. The highest BCUT2D eigenvalue weighted by molar-refractivity contribution is 6.03. The molecule has 418 valence electrons. The molecule has 0 bridgehead atoms. The fraction of sp³-hybridized carbons (Fsp3) is 0.426. The Morgan fingerprint density at radius 1 is 0.810 bits per heavy atom. The van der Waals surface area contributed by atoms with E-state index in [1.54, 1.807) is 37.2 Å². The summed E-state index contributed by atoms with van der Waals surface area (Å²) in [6.07, 6.45) is 14.3. The fourth-order valence-electron chi connectivity index (χ4n) is 11.0. The van der Waals surface area contributed by atoms with Crippen molar-refractivity contribution < 1.29 is 33.2 Å². The van der Waals surface area contributed by atoms with Gasteiger partial charge in [0.15, 0.2) is 12.3 Å². The SMILES string of the molecule is CCCn1c(=O)c2[nH]c(-c3ccc(OCC(=O)N4CCN(CC(=O)NCOCNC(=O)CN(C)C(=O)CCCCCN5/C(=C/C=C/C=C/C6=[N+](C)c7ccccc7C6(C)C)C(C)(C)c6ccccc65)CC4)cc3)cc2n(C)c1=O. The number of aromatic nitrogens is 3. The molecule has 5 heterocycles. The van der Waals surface area contributed by atoms with E-state index in [1.165, 1.54) is 47.9 Å². The topological polar surface area (TPSA) is 187 Å². The van der Waals surface area contributed by atoms with E-state index in [1.807, 2.05) is 24.0 Å². The number of hydrogen-bond acceptors (Lipinski definition) is 10. The molecule has 1 fully saturated rings. The summed E-state index contributed by atoms with van der Waals surface area (Å²) in [6.45, 7) is 13.7. The van der Waals surface area contributed by atoms with Crippen molar-refractivity contribution in [3.63, 3.8) is 0 Å². The molecule has 1 saturated heterocycles. The number of unbranched alkanes of at least 4 members (excludes halogenated alkanes) is 2. The smallest absolute Gasteiger partial charge is 0.331 e. The van der Waals surface area contributed by atoms with Gasteiger partial charge >= 0.3 is 5.69 Å². The van der Waals surface area contributed by atoms with Gasteiger partial charge in [0.25, 0.3) is 11.5 Å². The maximum Gasteiger partial charge on any atom is 0.331 e. The van der Waals surface area contributed by atoms with Crippen molar-refractivity contribution in [3.05, 3.63) is 147 Å². The Labute approximate surface area is 462 Å². The van der Waals surface area contributed by atoms with Crippen molar-refractivity contribution in [2.45, 2.75) is 84.1 Å². The van der Waals surface area contributed by atoms with Gasteiger partial charge in [0, 0.05) is 100.0 Å². The van der Waals surface area contributed by atoms with Crippen LogP contribution in [0.25, 0.3) is 22.3 Å². The second-order valence-electron chi connectivity index (χ2n) is 21.6. The number of nitrogens with one attached hydrogen (secondary N) is 3. The van der Waals surface area contributed by atoms with Crippen LogP contribution < -0.4 is 31.5 Å². The zero-order valence-corrected chi connectivity index (χ0v) is 47.1. The number of rotatable bonds is 23. The Kier molecular flexibility index (Phi) is 18.4. The number of allylic oxidation sites excluding steroid dienone is 6.